The van der Waals surface area contributed by atoms with Gasteiger partial charge >= 0.3 is 0 Å². The van der Waals surface area contributed by atoms with Gasteiger partial charge in [0, 0.05) is 0 Å². The van der Waals surface area contributed by atoms with E-state index in [0.717, 1.165) is 0 Å². The van der Waals surface area contributed by atoms with Crippen molar-refractivity contribution in [1.29, 1.82) is 5.26 Å². The van der Waals surface area contributed by atoms with E-state index in [1.807, 2.05) is 11.0 Å². The maximum atomic E-state index is 9.98. The summed E-state index contributed by atoms with van der Waals surface area (Å²) in [4.78, 5) is 10.6. The smallest absolute Gasteiger partial charge is 0.148 e. The first-order valence-electron chi connectivity index (χ1n) is 5.97. The fourth-order valence-electron chi connectivity index (χ4n) is 2.24. The summed E-state index contributed by atoms with van der Waals surface area (Å²) >= 11 is 11.9. The second-order valence-electron chi connectivity index (χ2n) is 4.90. The molecule has 7 heteroatoms. The predicted molar refractivity (Wildman–Crippen MR) is 77.0 cm³/mol. The van der Waals surface area contributed by atoms with Crippen molar-refractivity contribution in [2.45, 2.75) is 12.0 Å². The molecule has 1 aromatic carbocycles. The molecule has 0 amide bonds. The molecule has 0 spiro atoms. The lowest BCUT2D eigenvalue weighted by Gasteiger charge is -2.45. The van der Waals surface area contributed by atoms with Crippen LogP contribution in [-0.4, -0.2) is 33.8 Å². The van der Waals surface area contributed by atoms with Gasteiger partial charge in [0.25, 0.3) is 0 Å². The van der Waals surface area contributed by atoms with Crippen molar-refractivity contribution >= 4 is 40.1 Å². The summed E-state index contributed by atoms with van der Waals surface area (Å²) in [5.41, 5.74) is 0.367. The summed E-state index contributed by atoms with van der Waals surface area (Å²) in [6.07, 6.45) is 1.74. The highest BCUT2D eigenvalue weighted by Crippen LogP contribution is 2.31. The van der Waals surface area contributed by atoms with E-state index < -0.39 is 5.60 Å². The molecule has 0 saturated carbocycles. The molecule has 2 heterocycles. The van der Waals surface area contributed by atoms with Gasteiger partial charge < -0.3 is 10.0 Å². The van der Waals surface area contributed by atoms with Gasteiger partial charge in [0.15, 0.2) is 0 Å². The normalized spacial score (nSPS) is 16.8. The topological polar surface area (TPSA) is 73.0 Å². The molecule has 5 nitrogen and oxygen atoms in total. The molecule has 0 bridgehead atoms. The number of benzene rings is 1. The Morgan fingerprint density at radius 1 is 1.30 bits per heavy atom. The van der Waals surface area contributed by atoms with Crippen molar-refractivity contribution in [3.05, 3.63) is 28.4 Å². The molecule has 1 fully saturated rings. The third-order valence-electron chi connectivity index (χ3n) is 3.27. The molecule has 2 aromatic rings. The fourth-order valence-corrected chi connectivity index (χ4v) is 2.55. The van der Waals surface area contributed by atoms with Gasteiger partial charge in [0.2, 0.25) is 0 Å². The van der Waals surface area contributed by atoms with E-state index in [-0.39, 0.29) is 6.42 Å². The molecule has 1 saturated heterocycles. The van der Waals surface area contributed by atoms with Crippen molar-refractivity contribution in [2.24, 2.45) is 0 Å². The molecule has 1 N–H and O–H groups in total. The lowest BCUT2D eigenvalue weighted by Crippen LogP contribution is -2.62. The molecule has 1 aliphatic heterocycles. The average Bonchev–Trinajstić information content (AvgIpc) is 2.37. The molecule has 1 aliphatic rings. The minimum Gasteiger partial charge on any atom is -0.385 e. The van der Waals surface area contributed by atoms with Gasteiger partial charge in [-0.2, -0.15) is 5.26 Å². The van der Waals surface area contributed by atoms with E-state index in [9.17, 15) is 5.11 Å². The first-order valence-corrected chi connectivity index (χ1v) is 6.72. The molecule has 0 atom stereocenters. The van der Waals surface area contributed by atoms with Crippen molar-refractivity contribution < 1.29 is 5.11 Å². The Balaban J connectivity index is 1.88. The van der Waals surface area contributed by atoms with E-state index >= 15 is 0 Å². The molecular weight excluding hydrogens is 299 g/mol. The maximum Gasteiger partial charge on any atom is 0.148 e. The SMILES string of the molecule is N#CCC1(O)CN(c2cnc3cc(Cl)c(Cl)cc3n2)C1. The number of rotatable bonds is 2. The summed E-state index contributed by atoms with van der Waals surface area (Å²) in [5.74, 6) is 0.651. The highest BCUT2D eigenvalue weighted by molar-refractivity contribution is 6.42. The van der Waals surface area contributed by atoms with E-state index in [0.29, 0.717) is 40.0 Å². The van der Waals surface area contributed by atoms with E-state index in [1.54, 1.807) is 18.3 Å². The Morgan fingerprint density at radius 3 is 2.60 bits per heavy atom. The molecule has 0 radical (unpaired) electrons. The van der Waals surface area contributed by atoms with Gasteiger partial charge in [-0.15, -0.1) is 0 Å². The number of fused-ring (bicyclic) bond motifs is 1. The van der Waals surface area contributed by atoms with Crippen molar-refractivity contribution in [3.8, 4) is 6.07 Å². The van der Waals surface area contributed by atoms with Crippen LogP contribution in [0, 0.1) is 11.3 Å². The predicted octanol–water partition coefficient (Wildman–Crippen LogP) is 2.40. The van der Waals surface area contributed by atoms with E-state index in [4.69, 9.17) is 28.5 Å². The number of aromatic nitrogens is 2. The van der Waals surface area contributed by atoms with E-state index in [2.05, 4.69) is 9.97 Å². The highest BCUT2D eigenvalue weighted by atomic mass is 35.5. The molecule has 20 heavy (non-hydrogen) atoms. The number of hydrogen-bond acceptors (Lipinski definition) is 5. The zero-order valence-corrected chi connectivity index (χ0v) is 11.9. The second-order valence-corrected chi connectivity index (χ2v) is 5.71. The lowest BCUT2D eigenvalue weighted by molar-refractivity contribution is 0.0162. The van der Waals surface area contributed by atoms with Crippen LogP contribution in [0.25, 0.3) is 11.0 Å². The quantitative estimate of drug-likeness (QED) is 0.922. The van der Waals surface area contributed by atoms with Crippen LogP contribution in [0.4, 0.5) is 5.82 Å². The molecule has 0 aliphatic carbocycles. The fraction of sp³-hybridized carbons (Fsp3) is 0.308. The van der Waals surface area contributed by atoms with Crippen LogP contribution < -0.4 is 4.90 Å². The van der Waals surface area contributed by atoms with E-state index in [1.165, 1.54) is 0 Å². The summed E-state index contributed by atoms with van der Waals surface area (Å²) < 4.78 is 0. The second kappa shape index (κ2) is 4.74. The summed E-state index contributed by atoms with van der Waals surface area (Å²) in [6.45, 7) is 0.754. The number of hydrogen-bond donors (Lipinski definition) is 1. The number of anilines is 1. The third kappa shape index (κ3) is 2.27. The monoisotopic (exact) mass is 308 g/mol. The van der Waals surface area contributed by atoms with Gasteiger partial charge in [-0.3, -0.25) is 4.98 Å². The molecule has 1 aromatic heterocycles. The van der Waals surface area contributed by atoms with Crippen molar-refractivity contribution in [3.63, 3.8) is 0 Å². The Morgan fingerprint density at radius 2 is 1.95 bits per heavy atom. The first-order chi connectivity index (χ1) is 9.50. The summed E-state index contributed by atoms with van der Waals surface area (Å²) in [7, 11) is 0. The number of halogens is 2. The van der Waals surface area contributed by atoms with Crippen molar-refractivity contribution in [2.75, 3.05) is 18.0 Å². The number of nitriles is 1. The molecule has 0 unspecified atom stereocenters. The van der Waals surface area contributed by atoms with Crippen LogP contribution >= 0.6 is 23.2 Å². The Bertz CT molecular complexity index is 722. The first kappa shape index (κ1) is 13.4. The zero-order chi connectivity index (χ0) is 14.3. The molecule has 102 valence electrons. The number of β-amino-alcohol motifs (C(OH)–C–C–N with tert-alkyl or cyclic N) is 1. The maximum absolute atomic E-state index is 9.98. The number of nitrogens with zero attached hydrogens (tertiary/aromatic N) is 4. The molecule has 3 rings (SSSR count). The van der Waals surface area contributed by atoms with Crippen molar-refractivity contribution in [1.82, 2.24) is 9.97 Å². The van der Waals surface area contributed by atoms with Gasteiger partial charge in [-0.1, -0.05) is 23.2 Å². The third-order valence-corrected chi connectivity index (χ3v) is 4.00. The minimum absolute atomic E-state index is 0.117. The van der Waals surface area contributed by atoms with Crippen LogP contribution in [0.5, 0.6) is 0 Å². The average molecular weight is 309 g/mol. The van der Waals surface area contributed by atoms with Gasteiger partial charge in [0.1, 0.15) is 11.4 Å². The van der Waals surface area contributed by atoms with Gasteiger partial charge in [0.05, 0.1) is 52.9 Å². The van der Waals surface area contributed by atoms with Crippen LogP contribution in [0.3, 0.4) is 0 Å². The zero-order valence-electron chi connectivity index (χ0n) is 10.3. The minimum atomic E-state index is -0.941. The Hall–Kier alpha value is -1.61. The summed E-state index contributed by atoms with van der Waals surface area (Å²) in [6, 6.07) is 5.31. The van der Waals surface area contributed by atoms with Crippen LogP contribution in [0.2, 0.25) is 10.0 Å². The largest absolute Gasteiger partial charge is 0.385 e. The standard InChI is InChI=1S/C13H10Cl2N4O/c14-8-3-10-11(4-9(8)15)18-12(5-17-10)19-6-13(20,7-19)1-2-16/h3-5,20H,1,6-7H2. The van der Waals surface area contributed by atoms with Gasteiger partial charge in [-0.05, 0) is 12.1 Å². The Kier molecular flexibility index (Phi) is 3.17. The lowest BCUT2D eigenvalue weighted by atomic mass is 9.91. The summed E-state index contributed by atoms with van der Waals surface area (Å²) in [5, 5.41) is 19.5. The highest BCUT2D eigenvalue weighted by Gasteiger charge is 2.41. The van der Waals surface area contributed by atoms with Gasteiger partial charge in [-0.25, -0.2) is 4.98 Å². The number of aliphatic hydroxyl groups is 1. The van der Waals surface area contributed by atoms with Crippen LogP contribution in [0.15, 0.2) is 18.3 Å². The van der Waals surface area contributed by atoms with Crippen LogP contribution in [0.1, 0.15) is 6.42 Å². The molecular formula is C13H10Cl2N4O. The Labute approximate surface area is 125 Å². The van der Waals surface area contributed by atoms with Crippen LogP contribution in [-0.2, 0) is 0 Å².